The van der Waals surface area contributed by atoms with Crippen molar-refractivity contribution in [1.82, 2.24) is 9.97 Å². The van der Waals surface area contributed by atoms with E-state index in [1.807, 2.05) is 32.0 Å². The summed E-state index contributed by atoms with van der Waals surface area (Å²) in [5, 5.41) is 3.27. The predicted octanol–water partition coefficient (Wildman–Crippen LogP) is 2.71. The predicted molar refractivity (Wildman–Crippen MR) is 100.0 cm³/mol. The number of aromatic nitrogens is 2. The number of carbonyl (C=O) groups excluding carboxylic acids is 1. The fourth-order valence-corrected chi connectivity index (χ4v) is 2.74. The Morgan fingerprint density at radius 3 is 2.69 bits per heavy atom. The van der Waals surface area contributed by atoms with Gasteiger partial charge in [-0.05, 0) is 38.0 Å². The highest BCUT2D eigenvalue weighted by Gasteiger charge is 2.19. The van der Waals surface area contributed by atoms with Gasteiger partial charge in [0, 0.05) is 17.7 Å². The number of nitrogens with zero attached hydrogens (tertiary/aromatic N) is 2. The zero-order valence-electron chi connectivity index (χ0n) is 15.4. The Balaban J connectivity index is 2.22. The summed E-state index contributed by atoms with van der Waals surface area (Å²) in [6.45, 7) is 6.94. The van der Waals surface area contributed by atoms with Crippen molar-refractivity contribution in [2.24, 2.45) is 0 Å². The molecule has 0 radical (unpaired) electrons. The van der Waals surface area contributed by atoms with E-state index in [0.29, 0.717) is 19.0 Å². The minimum absolute atomic E-state index is 0.156. The van der Waals surface area contributed by atoms with Gasteiger partial charge in [0.25, 0.3) is 0 Å². The highest BCUT2D eigenvalue weighted by molar-refractivity contribution is 7.90. The van der Waals surface area contributed by atoms with Crippen molar-refractivity contribution >= 4 is 23.0 Å². The van der Waals surface area contributed by atoms with Crippen molar-refractivity contribution in [1.29, 1.82) is 0 Å². The lowest BCUT2D eigenvalue weighted by Crippen LogP contribution is -2.15. The van der Waals surface area contributed by atoms with Crippen LogP contribution in [0.25, 0.3) is 0 Å². The number of hydrogen-bond acceptors (Lipinski definition) is 7. The second-order valence-corrected chi connectivity index (χ2v) is 6.75. The van der Waals surface area contributed by atoms with Gasteiger partial charge in [0.15, 0.2) is 0 Å². The number of rotatable bonds is 8. The van der Waals surface area contributed by atoms with Crippen LogP contribution in [-0.2, 0) is 22.5 Å². The number of carbonyl (C=O) groups is 1. The molecule has 1 aromatic carbocycles. The van der Waals surface area contributed by atoms with E-state index in [-0.39, 0.29) is 17.3 Å². The Bertz CT molecular complexity index is 768. The van der Waals surface area contributed by atoms with E-state index >= 15 is 0 Å². The number of hydrogen-bond donors (Lipinski definition) is 1. The second kappa shape index (κ2) is 9.40. The molecule has 2 rings (SSSR count). The van der Waals surface area contributed by atoms with Gasteiger partial charge in [0.2, 0.25) is 0 Å². The zero-order valence-corrected chi connectivity index (χ0v) is 16.2. The monoisotopic (exact) mass is 377 g/mol. The van der Waals surface area contributed by atoms with Crippen molar-refractivity contribution < 1.29 is 18.8 Å². The molecule has 140 valence electrons. The summed E-state index contributed by atoms with van der Waals surface area (Å²) in [6.07, 6.45) is 2.83. The molecule has 8 heteroatoms. The molecule has 0 aliphatic heterocycles. The first-order valence-electron chi connectivity index (χ1n) is 8.30. The van der Waals surface area contributed by atoms with Gasteiger partial charge in [-0.3, -0.25) is 0 Å². The van der Waals surface area contributed by atoms with Crippen molar-refractivity contribution in [2.75, 3.05) is 24.8 Å². The summed E-state index contributed by atoms with van der Waals surface area (Å²) in [4.78, 5) is 20.3. The standard InChI is InChI=1S/C18H23N3O4S/c1-5-24-15-8-7-13(9-12(15)3)10-19-16-14(17(22)25-6-2)11-20-18(21-16)26(4)23/h7-9,11H,5-6,10H2,1-4H3,(H,19,20,21). The van der Waals surface area contributed by atoms with Crippen LogP contribution in [-0.4, -0.2) is 40.0 Å². The Morgan fingerprint density at radius 1 is 1.31 bits per heavy atom. The fourth-order valence-electron chi connectivity index (χ4n) is 2.32. The molecular formula is C18H23N3O4S. The summed E-state index contributed by atoms with van der Waals surface area (Å²) in [6, 6.07) is 5.85. The van der Waals surface area contributed by atoms with Crippen LogP contribution in [0.5, 0.6) is 5.75 Å². The summed E-state index contributed by atoms with van der Waals surface area (Å²) < 4.78 is 22.2. The number of aryl methyl sites for hydroxylation is 1. The molecule has 2 aromatic rings. The lowest BCUT2D eigenvalue weighted by atomic mass is 10.1. The molecule has 1 N–H and O–H groups in total. The van der Waals surface area contributed by atoms with E-state index < -0.39 is 17.1 Å². The minimum atomic E-state index is -1.35. The van der Waals surface area contributed by atoms with Crippen LogP contribution < -0.4 is 10.1 Å². The van der Waals surface area contributed by atoms with Crippen molar-refractivity contribution in [2.45, 2.75) is 32.5 Å². The van der Waals surface area contributed by atoms with Crippen LogP contribution in [0, 0.1) is 6.92 Å². The van der Waals surface area contributed by atoms with Crippen LogP contribution in [0.4, 0.5) is 5.82 Å². The highest BCUT2D eigenvalue weighted by Crippen LogP contribution is 2.21. The van der Waals surface area contributed by atoms with Crippen molar-refractivity contribution in [3.05, 3.63) is 41.1 Å². The van der Waals surface area contributed by atoms with Gasteiger partial charge in [0.1, 0.15) is 23.4 Å². The van der Waals surface area contributed by atoms with Gasteiger partial charge in [0.05, 0.1) is 19.4 Å². The van der Waals surface area contributed by atoms with Crippen molar-refractivity contribution in [3.8, 4) is 5.75 Å². The van der Waals surface area contributed by atoms with E-state index in [0.717, 1.165) is 16.9 Å². The molecule has 26 heavy (non-hydrogen) atoms. The summed E-state index contributed by atoms with van der Waals surface area (Å²) >= 11 is -1.35. The normalized spacial score (nSPS) is 11.7. The first kappa shape index (κ1) is 20.0. The quantitative estimate of drug-likeness (QED) is 0.429. The van der Waals surface area contributed by atoms with E-state index in [2.05, 4.69) is 15.3 Å². The number of anilines is 1. The van der Waals surface area contributed by atoms with Crippen LogP contribution in [0.1, 0.15) is 35.3 Å². The number of nitrogens with one attached hydrogen (secondary N) is 1. The van der Waals surface area contributed by atoms with E-state index in [1.165, 1.54) is 12.5 Å². The van der Waals surface area contributed by atoms with Crippen LogP contribution >= 0.6 is 0 Å². The zero-order chi connectivity index (χ0) is 19.1. The second-order valence-electron chi connectivity index (χ2n) is 5.48. The Hall–Kier alpha value is -2.32. The Kier molecular flexibility index (Phi) is 7.23. The Labute approximate surface area is 156 Å². The average molecular weight is 377 g/mol. The van der Waals surface area contributed by atoms with E-state index in [1.54, 1.807) is 6.92 Å². The maximum absolute atomic E-state index is 12.1. The van der Waals surface area contributed by atoms with Gasteiger partial charge < -0.3 is 19.3 Å². The SMILES string of the molecule is CCOC(=O)c1cnc([S+](C)[O-])nc1NCc1ccc(OCC)c(C)c1. The molecule has 0 aliphatic carbocycles. The molecule has 1 aromatic heterocycles. The maximum Gasteiger partial charge on any atom is 0.344 e. The highest BCUT2D eigenvalue weighted by atomic mass is 32.2. The molecule has 1 atom stereocenters. The Morgan fingerprint density at radius 2 is 2.08 bits per heavy atom. The molecule has 0 saturated heterocycles. The third-order valence-corrected chi connectivity index (χ3v) is 4.23. The van der Waals surface area contributed by atoms with E-state index in [4.69, 9.17) is 9.47 Å². The molecule has 0 amide bonds. The summed E-state index contributed by atoms with van der Waals surface area (Å²) in [7, 11) is 0. The molecule has 0 bridgehead atoms. The largest absolute Gasteiger partial charge is 0.609 e. The fraction of sp³-hybridized carbons (Fsp3) is 0.389. The van der Waals surface area contributed by atoms with Gasteiger partial charge in [-0.25, -0.2) is 4.79 Å². The first-order valence-corrected chi connectivity index (χ1v) is 9.85. The molecule has 1 heterocycles. The summed E-state index contributed by atoms with van der Waals surface area (Å²) in [5.41, 5.74) is 2.23. The molecule has 0 aliphatic rings. The topological polar surface area (TPSA) is 96.4 Å². The van der Waals surface area contributed by atoms with Crippen LogP contribution in [0.15, 0.2) is 29.6 Å². The smallest absolute Gasteiger partial charge is 0.344 e. The van der Waals surface area contributed by atoms with Gasteiger partial charge in [-0.1, -0.05) is 12.1 Å². The number of esters is 1. The molecular weight excluding hydrogens is 354 g/mol. The minimum Gasteiger partial charge on any atom is -0.609 e. The van der Waals surface area contributed by atoms with Crippen molar-refractivity contribution in [3.63, 3.8) is 0 Å². The van der Waals surface area contributed by atoms with Gasteiger partial charge in [-0.15, -0.1) is 0 Å². The molecule has 1 unspecified atom stereocenters. The third kappa shape index (κ3) is 5.09. The number of benzene rings is 1. The van der Waals surface area contributed by atoms with Gasteiger partial charge >= 0.3 is 11.1 Å². The molecule has 0 saturated carbocycles. The first-order chi connectivity index (χ1) is 12.5. The average Bonchev–Trinajstić information content (AvgIpc) is 2.62. The van der Waals surface area contributed by atoms with Crippen LogP contribution in [0.2, 0.25) is 0 Å². The molecule has 0 spiro atoms. The lowest BCUT2D eigenvalue weighted by Gasteiger charge is -2.13. The summed E-state index contributed by atoms with van der Waals surface area (Å²) in [5.74, 6) is 0.621. The van der Waals surface area contributed by atoms with Gasteiger partial charge in [-0.2, -0.15) is 9.97 Å². The number of ether oxygens (including phenoxy) is 2. The third-order valence-electron chi connectivity index (χ3n) is 3.52. The van der Waals surface area contributed by atoms with E-state index in [9.17, 15) is 9.35 Å². The maximum atomic E-state index is 12.1. The molecule has 7 nitrogen and oxygen atoms in total. The molecule has 0 fully saturated rings. The van der Waals surface area contributed by atoms with Crippen LogP contribution in [0.3, 0.4) is 0 Å². The lowest BCUT2D eigenvalue weighted by molar-refractivity contribution is 0.0526.